The third kappa shape index (κ3) is 2.35. The third-order valence-electron chi connectivity index (χ3n) is 3.17. The van der Waals surface area contributed by atoms with E-state index < -0.39 is 11.8 Å². The summed E-state index contributed by atoms with van der Waals surface area (Å²) in [6.07, 6.45) is 1.36. The highest BCUT2D eigenvalue weighted by Crippen LogP contribution is 2.26. The van der Waals surface area contributed by atoms with Gasteiger partial charge in [-0.15, -0.1) is 0 Å². The molecule has 2 N–H and O–H groups in total. The van der Waals surface area contributed by atoms with Gasteiger partial charge in [-0.1, -0.05) is 17.7 Å². The molecule has 0 aliphatic heterocycles. The van der Waals surface area contributed by atoms with E-state index in [0.717, 1.165) is 4.52 Å². The molecular formula is C14H9ClFN3O3. The zero-order valence-corrected chi connectivity index (χ0v) is 11.8. The monoisotopic (exact) mass is 321 g/mol. The Balaban J connectivity index is 2.15. The highest BCUT2D eigenvalue weighted by molar-refractivity contribution is 6.30. The second kappa shape index (κ2) is 5.27. The maximum absolute atomic E-state index is 13.5. The summed E-state index contributed by atoms with van der Waals surface area (Å²) in [5.41, 5.74) is 0.403. The van der Waals surface area contributed by atoms with Gasteiger partial charge in [0.2, 0.25) is 5.88 Å². The van der Waals surface area contributed by atoms with Crippen molar-refractivity contribution < 1.29 is 19.4 Å². The zero-order valence-electron chi connectivity index (χ0n) is 11.0. The minimum absolute atomic E-state index is 0.0235. The highest BCUT2D eigenvalue weighted by Gasteiger charge is 2.20. The minimum Gasteiger partial charge on any atom is -0.493 e. The maximum Gasteiger partial charge on any atom is 0.355 e. The molecule has 0 spiro atoms. The normalized spacial score (nSPS) is 11.0. The Morgan fingerprint density at radius 3 is 2.82 bits per heavy atom. The van der Waals surface area contributed by atoms with Gasteiger partial charge in [0.15, 0.2) is 11.3 Å². The second-order valence-electron chi connectivity index (χ2n) is 4.59. The quantitative estimate of drug-likeness (QED) is 0.774. The molecule has 0 saturated carbocycles. The number of nitrogens with zero attached hydrogens (tertiary/aromatic N) is 3. The minimum atomic E-state index is -1.29. The van der Waals surface area contributed by atoms with Crippen LogP contribution >= 0.6 is 11.6 Å². The number of hydrogen-bond acceptors (Lipinski definition) is 4. The van der Waals surface area contributed by atoms with Crippen LogP contribution in [-0.4, -0.2) is 30.8 Å². The molecule has 0 fully saturated rings. The molecule has 22 heavy (non-hydrogen) atoms. The molecule has 0 atom stereocenters. The molecule has 2 aromatic heterocycles. The summed E-state index contributed by atoms with van der Waals surface area (Å²) < 4.78 is 14.6. The number of hydrogen-bond donors (Lipinski definition) is 2. The van der Waals surface area contributed by atoms with Gasteiger partial charge in [-0.25, -0.2) is 14.2 Å². The van der Waals surface area contributed by atoms with E-state index in [1.54, 1.807) is 6.07 Å². The fourth-order valence-corrected chi connectivity index (χ4v) is 2.27. The number of carboxylic acids is 1. The molecule has 0 radical (unpaired) electrons. The molecule has 8 heteroatoms. The first-order valence-electron chi connectivity index (χ1n) is 6.20. The number of aromatic carboxylic acids is 1. The van der Waals surface area contributed by atoms with Crippen LogP contribution in [0.5, 0.6) is 5.88 Å². The van der Waals surface area contributed by atoms with Crippen molar-refractivity contribution in [1.29, 1.82) is 0 Å². The number of benzene rings is 1. The lowest BCUT2D eigenvalue weighted by Crippen LogP contribution is -2.10. The van der Waals surface area contributed by atoms with Crippen LogP contribution in [0.3, 0.4) is 0 Å². The third-order valence-corrected chi connectivity index (χ3v) is 3.48. The maximum atomic E-state index is 13.5. The van der Waals surface area contributed by atoms with Crippen LogP contribution in [0.25, 0.3) is 5.65 Å². The van der Waals surface area contributed by atoms with E-state index in [1.165, 1.54) is 24.4 Å². The van der Waals surface area contributed by atoms with E-state index in [-0.39, 0.29) is 34.2 Å². The van der Waals surface area contributed by atoms with Crippen molar-refractivity contribution in [2.75, 3.05) is 0 Å². The number of aromatic nitrogens is 3. The van der Waals surface area contributed by atoms with Crippen molar-refractivity contribution in [3.63, 3.8) is 0 Å². The van der Waals surface area contributed by atoms with Crippen molar-refractivity contribution >= 4 is 23.2 Å². The van der Waals surface area contributed by atoms with Crippen LogP contribution in [-0.2, 0) is 6.42 Å². The van der Waals surface area contributed by atoms with E-state index in [0.29, 0.717) is 5.56 Å². The van der Waals surface area contributed by atoms with Crippen molar-refractivity contribution in [3.05, 3.63) is 58.1 Å². The number of halogens is 2. The molecule has 2 heterocycles. The molecule has 0 bridgehead atoms. The lowest BCUT2D eigenvalue weighted by molar-refractivity contribution is 0.0688. The Morgan fingerprint density at radius 1 is 1.36 bits per heavy atom. The largest absolute Gasteiger partial charge is 0.493 e. The molecule has 1 aromatic carbocycles. The highest BCUT2D eigenvalue weighted by atomic mass is 35.5. The molecule has 112 valence electrons. The van der Waals surface area contributed by atoms with Crippen LogP contribution in [0, 0.1) is 5.82 Å². The predicted octanol–water partition coefficient (Wildman–Crippen LogP) is 2.52. The first kappa shape index (κ1) is 14.3. The van der Waals surface area contributed by atoms with Gasteiger partial charge >= 0.3 is 5.97 Å². The second-order valence-corrected chi connectivity index (χ2v) is 5.00. The summed E-state index contributed by atoms with van der Waals surface area (Å²) in [5.74, 6) is -2.25. The Morgan fingerprint density at radius 2 is 2.14 bits per heavy atom. The average molecular weight is 322 g/mol. The lowest BCUT2D eigenvalue weighted by Gasteiger charge is -2.10. The Kier molecular flexibility index (Phi) is 3.42. The first-order valence-corrected chi connectivity index (χ1v) is 6.58. The van der Waals surface area contributed by atoms with E-state index >= 15 is 0 Å². The van der Waals surface area contributed by atoms with Crippen molar-refractivity contribution in [2.45, 2.75) is 6.42 Å². The molecule has 3 aromatic rings. The standard InChI is InChI=1S/C14H9ClFN3O3/c15-9-2-1-7(6-10(9)16)5-8-12(14(21)22)18-11-3-4-17-19(11)13(8)20/h1-4,6,20H,5H2,(H,21,22). The number of carbonyl (C=O) groups is 1. The fourth-order valence-electron chi connectivity index (χ4n) is 2.15. The average Bonchev–Trinajstić information content (AvgIpc) is 2.94. The van der Waals surface area contributed by atoms with Gasteiger partial charge in [-0.3, -0.25) is 0 Å². The van der Waals surface area contributed by atoms with Crippen LogP contribution in [0.4, 0.5) is 4.39 Å². The smallest absolute Gasteiger partial charge is 0.355 e. The summed E-state index contributed by atoms with van der Waals surface area (Å²) in [6, 6.07) is 5.56. The van der Waals surface area contributed by atoms with Crippen molar-refractivity contribution in [1.82, 2.24) is 14.6 Å². The summed E-state index contributed by atoms with van der Waals surface area (Å²) in [7, 11) is 0. The van der Waals surface area contributed by atoms with Gasteiger partial charge in [-0.05, 0) is 17.7 Å². The SMILES string of the molecule is O=C(O)c1nc2ccnn2c(O)c1Cc1ccc(Cl)c(F)c1. The van der Waals surface area contributed by atoms with E-state index in [4.69, 9.17) is 11.6 Å². The first-order chi connectivity index (χ1) is 10.5. The number of carboxylic acid groups (broad SMARTS) is 1. The lowest BCUT2D eigenvalue weighted by atomic mass is 10.0. The molecule has 3 rings (SSSR count). The van der Waals surface area contributed by atoms with E-state index in [2.05, 4.69) is 10.1 Å². The van der Waals surface area contributed by atoms with Crippen LogP contribution in [0.1, 0.15) is 21.6 Å². The molecule has 0 aliphatic carbocycles. The van der Waals surface area contributed by atoms with Gasteiger partial charge in [0.25, 0.3) is 0 Å². The number of aromatic hydroxyl groups is 1. The van der Waals surface area contributed by atoms with E-state index in [9.17, 15) is 19.4 Å². The van der Waals surface area contributed by atoms with Gasteiger partial charge in [-0.2, -0.15) is 9.61 Å². The van der Waals surface area contributed by atoms with E-state index in [1.807, 2.05) is 0 Å². The van der Waals surface area contributed by atoms with Crippen molar-refractivity contribution in [2.24, 2.45) is 0 Å². The van der Waals surface area contributed by atoms with Gasteiger partial charge < -0.3 is 10.2 Å². The van der Waals surface area contributed by atoms with Crippen LogP contribution < -0.4 is 0 Å². The Bertz CT molecular complexity index is 894. The van der Waals surface area contributed by atoms with Crippen LogP contribution in [0.2, 0.25) is 5.02 Å². The molecular weight excluding hydrogens is 313 g/mol. The summed E-state index contributed by atoms with van der Waals surface area (Å²) in [4.78, 5) is 15.3. The topological polar surface area (TPSA) is 87.7 Å². The zero-order chi connectivity index (χ0) is 15.9. The number of fused-ring (bicyclic) bond motifs is 1. The molecule has 0 unspecified atom stereocenters. The molecule has 6 nitrogen and oxygen atoms in total. The predicted molar refractivity (Wildman–Crippen MR) is 75.8 cm³/mol. The summed E-state index contributed by atoms with van der Waals surface area (Å²) in [5, 5.41) is 23.3. The van der Waals surface area contributed by atoms with Crippen LogP contribution in [0.15, 0.2) is 30.5 Å². The molecule has 0 amide bonds. The molecule has 0 saturated heterocycles. The van der Waals surface area contributed by atoms with Gasteiger partial charge in [0.1, 0.15) is 5.82 Å². The number of rotatable bonds is 3. The molecule has 0 aliphatic rings. The Labute approximate surface area is 128 Å². The van der Waals surface area contributed by atoms with Gasteiger partial charge in [0.05, 0.1) is 16.8 Å². The summed E-state index contributed by atoms with van der Waals surface area (Å²) in [6.45, 7) is 0. The van der Waals surface area contributed by atoms with Crippen molar-refractivity contribution in [3.8, 4) is 5.88 Å². The fraction of sp³-hybridized carbons (Fsp3) is 0.0714. The van der Waals surface area contributed by atoms with Gasteiger partial charge in [0, 0.05) is 12.5 Å². The Hall–Kier alpha value is -2.67. The summed E-state index contributed by atoms with van der Waals surface area (Å²) >= 11 is 5.62.